The topological polar surface area (TPSA) is 90.5 Å². The highest BCUT2D eigenvalue weighted by atomic mass is 16.3. The van der Waals surface area contributed by atoms with Crippen LogP contribution in [0.5, 0.6) is 0 Å². The van der Waals surface area contributed by atoms with Crippen molar-refractivity contribution < 1.29 is 14.7 Å². The molecule has 2 atom stereocenters. The molecule has 37 heavy (non-hydrogen) atoms. The minimum absolute atomic E-state index is 0.177. The Morgan fingerprint density at radius 1 is 0.892 bits per heavy atom. The van der Waals surface area contributed by atoms with E-state index in [0.717, 1.165) is 41.8 Å². The van der Waals surface area contributed by atoms with E-state index >= 15 is 0 Å². The molecule has 6 heteroatoms. The van der Waals surface area contributed by atoms with Crippen molar-refractivity contribution in [1.29, 1.82) is 0 Å². The summed E-state index contributed by atoms with van der Waals surface area (Å²) in [4.78, 5) is 26.5. The quantitative estimate of drug-likeness (QED) is 0.380. The van der Waals surface area contributed by atoms with Crippen molar-refractivity contribution in [3.8, 4) is 0 Å². The van der Waals surface area contributed by atoms with Crippen molar-refractivity contribution in [2.75, 3.05) is 6.54 Å². The second kappa shape index (κ2) is 11.7. The van der Waals surface area contributed by atoms with Gasteiger partial charge in [0.1, 0.15) is 0 Å². The third kappa shape index (κ3) is 7.06. The number of hydrogen-bond acceptors (Lipinski definition) is 4. The Kier molecular flexibility index (Phi) is 8.41. The molecular weight excluding hydrogens is 462 g/mol. The van der Waals surface area contributed by atoms with E-state index in [2.05, 4.69) is 16.0 Å². The van der Waals surface area contributed by atoms with Gasteiger partial charge in [0.25, 0.3) is 11.8 Å². The molecule has 4 rings (SSSR count). The van der Waals surface area contributed by atoms with Gasteiger partial charge in [0, 0.05) is 29.6 Å². The van der Waals surface area contributed by atoms with Crippen LogP contribution >= 0.6 is 0 Å². The van der Waals surface area contributed by atoms with E-state index in [1.807, 2.05) is 87.5 Å². The number of amides is 2. The summed E-state index contributed by atoms with van der Waals surface area (Å²) < 4.78 is 0. The van der Waals surface area contributed by atoms with Crippen LogP contribution in [0.15, 0.2) is 72.8 Å². The lowest BCUT2D eigenvalue weighted by Crippen LogP contribution is -2.46. The van der Waals surface area contributed by atoms with E-state index < -0.39 is 12.1 Å². The first-order valence-corrected chi connectivity index (χ1v) is 13.0. The summed E-state index contributed by atoms with van der Waals surface area (Å²) in [5, 5.41) is 20.9. The van der Waals surface area contributed by atoms with Crippen LogP contribution in [0.2, 0.25) is 0 Å². The number of carbonyl (C=O) groups excluding carboxylic acids is 2. The van der Waals surface area contributed by atoms with E-state index in [-0.39, 0.29) is 23.8 Å². The Labute approximate surface area is 219 Å². The Balaban J connectivity index is 1.58. The highest BCUT2D eigenvalue weighted by molar-refractivity contribution is 5.97. The van der Waals surface area contributed by atoms with Crippen molar-refractivity contribution in [2.24, 2.45) is 0 Å². The first-order chi connectivity index (χ1) is 17.7. The van der Waals surface area contributed by atoms with Gasteiger partial charge in [-0.3, -0.25) is 9.59 Å². The summed E-state index contributed by atoms with van der Waals surface area (Å²) in [5.41, 5.74) is 4.78. The molecule has 0 radical (unpaired) electrons. The Morgan fingerprint density at radius 2 is 1.59 bits per heavy atom. The van der Waals surface area contributed by atoms with Crippen LogP contribution in [0.3, 0.4) is 0 Å². The zero-order chi connectivity index (χ0) is 26.4. The number of aliphatic hydroxyl groups is 1. The molecule has 0 fully saturated rings. The lowest BCUT2D eigenvalue weighted by molar-refractivity contribution is 0.0825. The maximum Gasteiger partial charge on any atom is 0.251 e. The van der Waals surface area contributed by atoms with Gasteiger partial charge in [0.15, 0.2) is 0 Å². The van der Waals surface area contributed by atoms with Crippen LogP contribution in [-0.2, 0) is 25.8 Å². The second-order valence-electron chi connectivity index (χ2n) is 10.8. The van der Waals surface area contributed by atoms with Crippen LogP contribution in [0, 0.1) is 0 Å². The Morgan fingerprint density at radius 3 is 2.35 bits per heavy atom. The highest BCUT2D eigenvalue weighted by Gasteiger charge is 2.27. The molecule has 2 amide bonds. The fourth-order valence-corrected chi connectivity index (χ4v) is 4.84. The summed E-state index contributed by atoms with van der Waals surface area (Å²) in [6, 6.07) is 22.4. The summed E-state index contributed by atoms with van der Waals surface area (Å²) in [7, 11) is 0. The SMILES string of the molecule is CC(C)(C)NC(=O)c1ccccc1CC(O)C(Cc1ccccc1)NC(=O)c1cccc2c1CCNC2. The molecule has 2 unspecified atom stereocenters. The van der Waals surface area contributed by atoms with Gasteiger partial charge in [-0.05, 0) is 74.5 Å². The molecule has 3 aromatic rings. The van der Waals surface area contributed by atoms with E-state index in [1.165, 1.54) is 0 Å². The lowest BCUT2D eigenvalue weighted by atomic mass is 9.92. The summed E-state index contributed by atoms with van der Waals surface area (Å²) in [6.45, 7) is 7.39. The molecular formula is C31H37N3O3. The fraction of sp³-hybridized carbons (Fsp3) is 0.355. The maximum absolute atomic E-state index is 13.5. The third-order valence-corrected chi connectivity index (χ3v) is 6.64. The van der Waals surface area contributed by atoms with Gasteiger partial charge in [-0.15, -0.1) is 0 Å². The summed E-state index contributed by atoms with van der Waals surface area (Å²) in [6.07, 6.45) is 0.610. The van der Waals surface area contributed by atoms with Crippen molar-refractivity contribution >= 4 is 11.8 Å². The van der Waals surface area contributed by atoms with Gasteiger partial charge in [-0.2, -0.15) is 0 Å². The largest absolute Gasteiger partial charge is 0.391 e. The standard InChI is InChI=1S/C31H37N3O3/c1-31(2,3)34-30(37)25-14-8-7-12-22(25)19-28(35)27(18-21-10-5-4-6-11-21)33-29(36)26-15-9-13-23-20-32-17-16-24(23)26/h4-15,27-28,32,35H,16-20H2,1-3H3,(H,33,36)(H,34,37). The first-order valence-electron chi connectivity index (χ1n) is 13.0. The van der Waals surface area contributed by atoms with Gasteiger partial charge in [0.2, 0.25) is 0 Å². The molecule has 1 aliphatic rings. The number of hydrogen-bond donors (Lipinski definition) is 4. The molecule has 0 aliphatic carbocycles. The zero-order valence-corrected chi connectivity index (χ0v) is 21.9. The summed E-state index contributed by atoms with van der Waals surface area (Å²) in [5.74, 6) is -0.360. The van der Waals surface area contributed by atoms with Gasteiger partial charge in [0.05, 0.1) is 12.1 Å². The van der Waals surface area contributed by atoms with Crippen LogP contribution < -0.4 is 16.0 Å². The van der Waals surface area contributed by atoms with E-state index in [0.29, 0.717) is 17.5 Å². The van der Waals surface area contributed by atoms with Crippen molar-refractivity contribution in [3.63, 3.8) is 0 Å². The molecule has 194 valence electrons. The number of carbonyl (C=O) groups is 2. The lowest BCUT2D eigenvalue weighted by Gasteiger charge is -2.27. The molecule has 0 saturated heterocycles. The van der Waals surface area contributed by atoms with Crippen LogP contribution in [0.25, 0.3) is 0 Å². The highest BCUT2D eigenvalue weighted by Crippen LogP contribution is 2.21. The number of nitrogens with one attached hydrogen (secondary N) is 3. The maximum atomic E-state index is 13.5. The normalized spacial score (nSPS) is 14.8. The van der Waals surface area contributed by atoms with Crippen molar-refractivity contribution in [3.05, 3.63) is 106 Å². The van der Waals surface area contributed by atoms with Crippen LogP contribution in [0.4, 0.5) is 0 Å². The van der Waals surface area contributed by atoms with E-state index in [9.17, 15) is 14.7 Å². The minimum Gasteiger partial charge on any atom is -0.391 e. The van der Waals surface area contributed by atoms with Gasteiger partial charge in [-0.1, -0.05) is 60.7 Å². The number of fused-ring (bicyclic) bond motifs is 1. The zero-order valence-electron chi connectivity index (χ0n) is 21.9. The molecule has 1 aliphatic heterocycles. The predicted octanol–water partition coefficient (Wildman–Crippen LogP) is 3.81. The number of aliphatic hydroxyl groups excluding tert-OH is 1. The number of rotatable bonds is 8. The second-order valence-corrected chi connectivity index (χ2v) is 10.8. The monoisotopic (exact) mass is 499 g/mol. The van der Waals surface area contributed by atoms with Crippen LogP contribution in [-0.4, -0.2) is 41.2 Å². The molecule has 3 aromatic carbocycles. The number of benzene rings is 3. The fourth-order valence-electron chi connectivity index (χ4n) is 4.84. The molecule has 6 nitrogen and oxygen atoms in total. The average molecular weight is 500 g/mol. The van der Waals surface area contributed by atoms with E-state index in [1.54, 1.807) is 6.07 Å². The molecule has 0 spiro atoms. The molecule has 1 heterocycles. The Bertz CT molecular complexity index is 1230. The van der Waals surface area contributed by atoms with E-state index in [4.69, 9.17) is 0 Å². The minimum atomic E-state index is -0.894. The van der Waals surface area contributed by atoms with Gasteiger partial charge in [-0.25, -0.2) is 0 Å². The van der Waals surface area contributed by atoms with Gasteiger partial charge < -0.3 is 21.1 Å². The van der Waals surface area contributed by atoms with Crippen molar-refractivity contribution in [2.45, 2.75) is 64.3 Å². The van der Waals surface area contributed by atoms with Gasteiger partial charge >= 0.3 is 0 Å². The smallest absolute Gasteiger partial charge is 0.251 e. The molecule has 0 saturated carbocycles. The third-order valence-electron chi connectivity index (χ3n) is 6.64. The predicted molar refractivity (Wildman–Crippen MR) is 147 cm³/mol. The summed E-state index contributed by atoms with van der Waals surface area (Å²) >= 11 is 0. The van der Waals surface area contributed by atoms with Crippen LogP contribution in [0.1, 0.15) is 63.7 Å². The van der Waals surface area contributed by atoms with Crippen molar-refractivity contribution in [1.82, 2.24) is 16.0 Å². The molecule has 0 bridgehead atoms. The molecule has 0 aromatic heterocycles. The first kappa shape index (κ1) is 26.6. The molecule has 4 N–H and O–H groups in total. The Hall–Kier alpha value is -3.48. The average Bonchev–Trinajstić information content (AvgIpc) is 2.87.